The van der Waals surface area contributed by atoms with Gasteiger partial charge in [0.15, 0.2) is 0 Å². The van der Waals surface area contributed by atoms with E-state index in [9.17, 15) is 4.79 Å². The summed E-state index contributed by atoms with van der Waals surface area (Å²) in [6, 6.07) is 13.0. The van der Waals surface area contributed by atoms with Gasteiger partial charge in [-0.3, -0.25) is 4.79 Å². The summed E-state index contributed by atoms with van der Waals surface area (Å²) in [5.74, 6) is 0.799. The van der Waals surface area contributed by atoms with Crippen molar-refractivity contribution in [1.29, 1.82) is 0 Å². The summed E-state index contributed by atoms with van der Waals surface area (Å²) >= 11 is 0. The minimum atomic E-state index is -0.149. The van der Waals surface area contributed by atoms with Gasteiger partial charge >= 0.3 is 0 Å². The molecule has 116 valence electrons. The Labute approximate surface area is 132 Å². The maximum Gasteiger partial charge on any atom is 0.267 e. The summed E-state index contributed by atoms with van der Waals surface area (Å²) in [5.41, 5.74) is -0.124. The average molecular weight is 308 g/mol. The molecule has 0 saturated carbocycles. The van der Waals surface area contributed by atoms with E-state index in [-0.39, 0.29) is 17.6 Å². The van der Waals surface area contributed by atoms with Crippen LogP contribution in [0.3, 0.4) is 0 Å². The van der Waals surface area contributed by atoms with Gasteiger partial charge in [-0.1, -0.05) is 24.3 Å². The van der Waals surface area contributed by atoms with Crippen LogP contribution in [0.4, 0.5) is 5.82 Å². The van der Waals surface area contributed by atoms with Gasteiger partial charge in [-0.25, -0.2) is 9.67 Å². The number of hydrogen-bond donors (Lipinski definition) is 1. The Bertz CT molecular complexity index is 887. The molecule has 1 aromatic carbocycles. The normalized spacial score (nSPS) is 20.7. The number of nitrogens with one attached hydrogen (secondary N) is 1. The number of aromatic nitrogens is 3. The van der Waals surface area contributed by atoms with Gasteiger partial charge in [0.1, 0.15) is 11.9 Å². The van der Waals surface area contributed by atoms with Gasteiger partial charge in [-0.05, 0) is 17.5 Å². The zero-order valence-electron chi connectivity index (χ0n) is 12.4. The molecule has 3 heterocycles. The molecule has 2 unspecified atom stereocenters. The molecule has 6 nitrogen and oxygen atoms in total. The molecule has 3 aromatic rings. The highest BCUT2D eigenvalue weighted by molar-refractivity contribution is 5.91. The standard InChI is InChI=1S/C17H16N4O2/c22-16-6-3-8-19-21(16)15-11-23-10-14(15)20-17-13-5-2-1-4-12(13)7-9-18-17/h1-9,14-15H,10-11H2,(H,18,20). The highest BCUT2D eigenvalue weighted by Crippen LogP contribution is 2.25. The van der Waals surface area contributed by atoms with Crippen LogP contribution in [0.2, 0.25) is 0 Å². The smallest absolute Gasteiger partial charge is 0.267 e. The molecule has 4 rings (SSSR count). The predicted molar refractivity (Wildman–Crippen MR) is 87.5 cm³/mol. The molecule has 0 bridgehead atoms. The molecule has 2 aromatic heterocycles. The Kier molecular flexibility index (Phi) is 3.51. The Morgan fingerprint density at radius 1 is 1.09 bits per heavy atom. The second-order valence-corrected chi connectivity index (χ2v) is 5.54. The second kappa shape index (κ2) is 5.81. The Hall–Kier alpha value is -2.73. The predicted octanol–water partition coefficient (Wildman–Crippen LogP) is 1.84. The SMILES string of the molecule is O=c1cccnn1C1COCC1Nc1nccc2ccccc12. The monoisotopic (exact) mass is 308 g/mol. The van der Waals surface area contributed by atoms with E-state index in [1.165, 1.54) is 10.7 Å². The van der Waals surface area contributed by atoms with E-state index in [0.29, 0.717) is 13.2 Å². The van der Waals surface area contributed by atoms with E-state index in [1.807, 2.05) is 30.3 Å². The van der Waals surface area contributed by atoms with Crippen molar-refractivity contribution in [1.82, 2.24) is 14.8 Å². The maximum absolute atomic E-state index is 12.0. The lowest BCUT2D eigenvalue weighted by molar-refractivity contribution is 0.182. The van der Waals surface area contributed by atoms with Crippen LogP contribution in [0, 0.1) is 0 Å². The van der Waals surface area contributed by atoms with E-state index in [4.69, 9.17) is 4.74 Å². The number of hydrogen-bond acceptors (Lipinski definition) is 5. The van der Waals surface area contributed by atoms with Gasteiger partial charge in [-0.2, -0.15) is 5.10 Å². The van der Waals surface area contributed by atoms with Crippen LogP contribution in [0.5, 0.6) is 0 Å². The van der Waals surface area contributed by atoms with Gasteiger partial charge in [0.2, 0.25) is 0 Å². The fourth-order valence-corrected chi connectivity index (χ4v) is 2.95. The highest BCUT2D eigenvalue weighted by Gasteiger charge is 2.31. The molecule has 0 amide bonds. The van der Waals surface area contributed by atoms with Gasteiger partial charge in [0, 0.05) is 23.8 Å². The fourth-order valence-electron chi connectivity index (χ4n) is 2.95. The summed E-state index contributed by atoms with van der Waals surface area (Å²) in [5, 5.41) is 9.77. The van der Waals surface area contributed by atoms with Crippen LogP contribution < -0.4 is 10.9 Å². The molecule has 6 heteroatoms. The lowest BCUT2D eigenvalue weighted by Gasteiger charge is -2.21. The summed E-state index contributed by atoms with van der Waals surface area (Å²) in [6.45, 7) is 0.970. The van der Waals surface area contributed by atoms with Crippen LogP contribution in [0.1, 0.15) is 6.04 Å². The molecule has 0 spiro atoms. The number of fused-ring (bicyclic) bond motifs is 1. The van der Waals surface area contributed by atoms with Crippen molar-refractivity contribution in [2.75, 3.05) is 18.5 Å². The van der Waals surface area contributed by atoms with Crippen LogP contribution in [-0.2, 0) is 4.74 Å². The molecule has 0 radical (unpaired) electrons. The van der Waals surface area contributed by atoms with Gasteiger partial charge in [-0.15, -0.1) is 0 Å². The highest BCUT2D eigenvalue weighted by atomic mass is 16.5. The second-order valence-electron chi connectivity index (χ2n) is 5.54. The van der Waals surface area contributed by atoms with E-state index >= 15 is 0 Å². The Morgan fingerprint density at radius 2 is 2.00 bits per heavy atom. The Morgan fingerprint density at radius 3 is 2.91 bits per heavy atom. The van der Waals surface area contributed by atoms with Gasteiger partial charge in [0.05, 0.1) is 19.3 Å². The summed E-state index contributed by atoms with van der Waals surface area (Å²) < 4.78 is 7.06. The summed E-state index contributed by atoms with van der Waals surface area (Å²) in [6.07, 6.45) is 3.40. The topological polar surface area (TPSA) is 69.0 Å². The van der Waals surface area contributed by atoms with Crippen molar-refractivity contribution < 1.29 is 4.74 Å². The summed E-state index contributed by atoms with van der Waals surface area (Å²) in [7, 11) is 0. The van der Waals surface area contributed by atoms with Gasteiger partial charge < -0.3 is 10.1 Å². The van der Waals surface area contributed by atoms with E-state index in [1.54, 1.807) is 18.5 Å². The van der Waals surface area contributed by atoms with Crippen LogP contribution >= 0.6 is 0 Å². The zero-order valence-corrected chi connectivity index (χ0v) is 12.4. The first kappa shape index (κ1) is 13.9. The van der Waals surface area contributed by atoms with Crippen molar-refractivity contribution in [3.63, 3.8) is 0 Å². The average Bonchev–Trinajstić information content (AvgIpc) is 3.04. The minimum Gasteiger partial charge on any atom is -0.377 e. The molecule has 1 aliphatic rings. The number of pyridine rings is 1. The first-order valence-corrected chi connectivity index (χ1v) is 7.55. The molecular formula is C17H16N4O2. The van der Waals surface area contributed by atoms with E-state index in [0.717, 1.165) is 16.6 Å². The molecule has 1 aliphatic heterocycles. The third-order valence-electron chi connectivity index (χ3n) is 4.10. The number of nitrogens with zero attached hydrogens (tertiary/aromatic N) is 3. The van der Waals surface area contributed by atoms with Crippen LogP contribution in [0.15, 0.2) is 59.7 Å². The molecule has 2 atom stereocenters. The molecule has 23 heavy (non-hydrogen) atoms. The molecule has 1 N–H and O–H groups in total. The number of rotatable bonds is 3. The lowest BCUT2D eigenvalue weighted by atomic mass is 10.1. The third kappa shape index (κ3) is 2.57. The van der Waals surface area contributed by atoms with Crippen LogP contribution in [-0.4, -0.2) is 34.0 Å². The Balaban J connectivity index is 1.67. The third-order valence-corrected chi connectivity index (χ3v) is 4.10. The van der Waals surface area contributed by atoms with E-state index < -0.39 is 0 Å². The lowest BCUT2D eigenvalue weighted by Crippen LogP contribution is -2.37. The van der Waals surface area contributed by atoms with Gasteiger partial charge in [0.25, 0.3) is 5.56 Å². The fraction of sp³-hybridized carbons (Fsp3) is 0.235. The maximum atomic E-state index is 12.0. The van der Waals surface area contributed by atoms with Crippen molar-refractivity contribution >= 4 is 16.6 Å². The number of anilines is 1. The molecule has 1 fully saturated rings. The van der Waals surface area contributed by atoms with Crippen molar-refractivity contribution in [3.05, 3.63) is 65.2 Å². The molecule has 0 aliphatic carbocycles. The van der Waals surface area contributed by atoms with Crippen LogP contribution in [0.25, 0.3) is 10.8 Å². The zero-order chi connectivity index (χ0) is 15.6. The summed E-state index contributed by atoms with van der Waals surface area (Å²) in [4.78, 5) is 16.5. The van der Waals surface area contributed by atoms with Crippen molar-refractivity contribution in [2.24, 2.45) is 0 Å². The molecule has 1 saturated heterocycles. The number of ether oxygens (including phenoxy) is 1. The first-order valence-electron chi connectivity index (χ1n) is 7.55. The number of benzene rings is 1. The molecular weight excluding hydrogens is 292 g/mol. The first-order chi connectivity index (χ1) is 11.3. The van der Waals surface area contributed by atoms with E-state index in [2.05, 4.69) is 15.4 Å². The quantitative estimate of drug-likeness (QED) is 0.799. The largest absolute Gasteiger partial charge is 0.377 e. The minimum absolute atomic E-state index is 0.0547. The van der Waals surface area contributed by atoms with Crippen molar-refractivity contribution in [3.8, 4) is 0 Å². The van der Waals surface area contributed by atoms with Crippen molar-refractivity contribution in [2.45, 2.75) is 12.1 Å².